The molecule has 0 spiro atoms. The number of carboxylic acids is 1. The van der Waals surface area contributed by atoms with E-state index in [4.69, 9.17) is 5.11 Å². The molecule has 2 heterocycles. The van der Waals surface area contributed by atoms with Gasteiger partial charge in [0.25, 0.3) is 0 Å². The quantitative estimate of drug-likeness (QED) is 0.640. The molecule has 0 saturated carbocycles. The predicted molar refractivity (Wildman–Crippen MR) is 65.4 cm³/mol. The molecule has 0 radical (unpaired) electrons. The van der Waals surface area contributed by atoms with Crippen molar-refractivity contribution in [3.8, 4) is 11.3 Å². The minimum absolute atomic E-state index is 0.103. The van der Waals surface area contributed by atoms with Crippen molar-refractivity contribution in [2.24, 2.45) is 0 Å². The Labute approximate surface area is 102 Å². The Bertz CT molecular complexity index is 741. The second-order valence-electron chi connectivity index (χ2n) is 3.99. The SMILES string of the molecule is Cc1nc(-c2ccc3nc[nH]c3c2)c(C(=O)O)[nH]1. The summed E-state index contributed by atoms with van der Waals surface area (Å²) in [7, 11) is 0. The van der Waals surface area contributed by atoms with Crippen LogP contribution in [0, 0.1) is 6.92 Å². The van der Waals surface area contributed by atoms with Crippen molar-refractivity contribution < 1.29 is 9.90 Å². The maximum absolute atomic E-state index is 11.1. The Balaban J connectivity index is 2.21. The zero-order valence-corrected chi connectivity index (χ0v) is 9.56. The zero-order chi connectivity index (χ0) is 12.7. The maximum atomic E-state index is 11.1. The molecule has 6 nitrogen and oxygen atoms in total. The molecule has 0 aliphatic heterocycles. The highest BCUT2D eigenvalue weighted by Crippen LogP contribution is 2.24. The summed E-state index contributed by atoms with van der Waals surface area (Å²) in [6.45, 7) is 1.73. The molecule has 0 bridgehead atoms. The molecule has 3 N–H and O–H groups in total. The molecule has 0 amide bonds. The highest BCUT2D eigenvalue weighted by molar-refractivity contribution is 5.94. The zero-order valence-electron chi connectivity index (χ0n) is 9.56. The molecular formula is C12H10N4O2. The van der Waals surface area contributed by atoms with Gasteiger partial charge >= 0.3 is 5.97 Å². The lowest BCUT2D eigenvalue weighted by atomic mass is 10.1. The first-order chi connectivity index (χ1) is 8.65. The number of hydrogen-bond acceptors (Lipinski definition) is 3. The summed E-state index contributed by atoms with van der Waals surface area (Å²) < 4.78 is 0. The van der Waals surface area contributed by atoms with Gasteiger partial charge in [-0.15, -0.1) is 0 Å². The first kappa shape index (κ1) is 10.5. The number of aromatic nitrogens is 4. The third-order valence-corrected chi connectivity index (χ3v) is 2.73. The topological polar surface area (TPSA) is 94.7 Å². The van der Waals surface area contributed by atoms with E-state index in [9.17, 15) is 4.79 Å². The fraction of sp³-hybridized carbons (Fsp3) is 0.0833. The number of hydrogen-bond donors (Lipinski definition) is 3. The van der Waals surface area contributed by atoms with Gasteiger partial charge in [0, 0.05) is 5.56 Å². The molecule has 0 atom stereocenters. The molecular weight excluding hydrogens is 232 g/mol. The Morgan fingerprint density at radius 2 is 2.22 bits per heavy atom. The summed E-state index contributed by atoms with van der Waals surface area (Å²) in [4.78, 5) is 25.2. The number of carbonyl (C=O) groups is 1. The van der Waals surface area contributed by atoms with Gasteiger partial charge < -0.3 is 15.1 Å². The molecule has 2 aromatic heterocycles. The van der Waals surface area contributed by atoms with Crippen LogP contribution < -0.4 is 0 Å². The number of nitrogens with one attached hydrogen (secondary N) is 2. The van der Waals surface area contributed by atoms with Crippen molar-refractivity contribution in [3.63, 3.8) is 0 Å². The summed E-state index contributed by atoms with van der Waals surface area (Å²) >= 11 is 0. The van der Waals surface area contributed by atoms with Crippen molar-refractivity contribution >= 4 is 17.0 Å². The normalized spacial score (nSPS) is 10.9. The van der Waals surface area contributed by atoms with Crippen LogP contribution in [0.15, 0.2) is 24.5 Å². The molecule has 90 valence electrons. The molecule has 0 saturated heterocycles. The first-order valence-electron chi connectivity index (χ1n) is 5.38. The molecule has 3 aromatic rings. The van der Waals surface area contributed by atoms with Crippen molar-refractivity contribution in [1.29, 1.82) is 0 Å². The number of rotatable bonds is 2. The lowest BCUT2D eigenvalue weighted by molar-refractivity contribution is 0.0692. The largest absolute Gasteiger partial charge is 0.477 e. The maximum Gasteiger partial charge on any atom is 0.354 e. The Morgan fingerprint density at radius 3 is 3.00 bits per heavy atom. The van der Waals surface area contributed by atoms with E-state index in [0.29, 0.717) is 11.5 Å². The van der Waals surface area contributed by atoms with Crippen molar-refractivity contribution in [2.75, 3.05) is 0 Å². The number of imidazole rings is 2. The van der Waals surface area contributed by atoms with Crippen LogP contribution in [0.2, 0.25) is 0 Å². The summed E-state index contributed by atoms with van der Waals surface area (Å²) in [6, 6.07) is 5.48. The second-order valence-corrected chi connectivity index (χ2v) is 3.99. The molecule has 18 heavy (non-hydrogen) atoms. The van der Waals surface area contributed by atoms with E-state index in [1.165, 1.54) is 0 Å². The third kappa shape index (κ3) is 1.55. The predicted octanol–water partition coefficient (Wildman–Crippen LogP) is 1.96. The average Bonchev–Trinajstić information content (AvgIpc) is 2.93. The Hall–Kier alpha value is -2.63. The van der Waals surface area contributed by atoms with Gasteiger partial charge in [-0.2, -0.15) is 0 Å². The fourth-order valence-corrected chi connectivity index (χ4v) is 1.94. The summed E-state index contributed by atoms with van der Waals surface area (Å²) in [5, 5.41) is 9.12. The van der Waals surface area contributed by atoms with Crippen LogP contribution in [-0.2, 0) is 0 Å². The molecule has 0 aliphatic carbocycles. The van der Waals surface area contributed by atoms with E-state index in [1.807, 2.05) is 18.2 Å². The number of aryl methyl sites for hydroxylation is 1. The van der Waals surface area contributed by atoms with Gasteiger partial charge in [-0.25, -0.2) is 14.8 Å². The van der Waals surface area contributed by atoms with Crippen molar-refractivity contribution in [3.05, 3.63) is 36.0 Å². The number of nitrogens with zero attached hydrogens (tertiary/aromatic N) is 2. The van der Waals surface area contributed by atoms with Crippen molar-refractivity contribution in [2.45, 2.75) is 6.92 Å². The minimum Gasteiger partial charge on any atom is -0.477 e. The van der Waals surface area contributed by atoms with Gasteiger partial charge in [0.05, 0.1) is 17.4 Å². The highest BCUT2D eigenvalue weighted by Gasteiger charge is 2.16. The van der Waals surface area contributed by atoms with E-state index >= 15 is 0 Å². The van der Waals surface area contributed by atoms with E-state index < -0.39 is 5.97 Å². The van der Waals surface area contributed by atoms with Crippen LogP contribution in [0.3, 0.4) is 0 Å². The average molecular weight is 242 g/mol. The molecule has 3 rings (SSSR count). The van der Waals surface area contributed by atoms with Crippen molar-refractivity contribution in [1.82, 2.24) is 19.9 Å². The smallest absolute Gasteiger partial charge is 0.354 e. The monoisotopic (exact) mass is 242 g/mol. The number of H-pyrrole nitrogens is 2. The van der Waals surface area contributed by atoms with E-state index in [1.54, 1.807) is 13.3 Å². The molecule has 0 fully saturated rings. The first-order valence-corrected chi connectivity index (χ1v) is 5.38. The van der Waals surface area contributed by atoms with Crippen LogP contribution in [0.25, 0.3) is 22.3 Å². The lowest BCUT2D eigenvalue weighted by Crippen LogP contribution is -1.99. The van der Waals surface area contributed by atoms with E-state index in [-0.39, 0.29) is 5.69 Å². The second kappa shape index (κ2) is 3.69. The Kier molecular flexibility index (Phi) is 2.16. The number of benzene rings is 1. The van der Waals surface area contributed by atoms with E-state index in [2.05, 4.69) is 19.9 Å². The summed E-state index contributed by atoms with van der Waals surface area (Å²) in [5.41, 5.74) is 2.98. The number of carboxylic acid groups (broad SMARTS) is 1. The van der Waals surface area contributed by atoms with E-state index in [0.717, 1.165) is 16.6 Å². The fourth-order valence-electron chi connectivity index (χ4n) is 1.94. The van der Waals surface area contributed by atoms with Gasteiger partial charge in [0.1, 0.15) is 11.5 Å². The molecule has 0 aliphatic rings. The van der Waals surface area contributed by atoms with Gasteiger partial charge in [0.15, 0.2) is 5.69 Å². The van der Waals surface area contributed by atoms with Gasteiger partial charge in [-0.05, 0) is 19.1 Å². The minimum atomic E-state index is -1.02. The highest BCUT2D eigenvalue weighted by atomic mass is 16.4. The molecule has 6 heteroatoms. The number of aromatic carboxylic acids is 1. The number of aromatic amines is 2. The standard InChI is InChI=1S/C12H10N4O2/c1-6-15-10(11(16-6)12(17)18)7-2-3-8-9(4-7)14-5-13-8/h2-5H,1H3,(H,13,14)(H,15,16)(H,17,18). The van der Waals surface area contributed by atoms with Crippen LogP contribution in [0.4, 0.5) is 0 Å². The van der Waals surface area contributed by atoms with Crippen LogP contribution in [-0.4, -0.2) is 31.0 Å². The molecule has 1 aromatic carbocycles. The van der Waals surface area contributed by atoms with Crippen LogP contribution in [0.5, 0.6) is 0 Å². The number of fused-ring (bicyclic) bond motifs is 1. The van der Waals surface area contributed by atoms with Crippen LogP contribution >= 0.6 is 0 Å². The van der Waals surface area contributed by atoms with Gasteiger partial charge in [-0.1, -0.05) is 6.07 Å². The van der Waals surface area contributed by atoms with Crippen LogP contribution in [0.1, 0.15) is 16.3 Å². The summed E-state index contributed by atoms with van der Waals surface area (Å²) in [6.07, 6.45) is 1.60. The summed E-state index contributed by atoms with van der Waals surface area (Å²) in [5.74, 6) is -0.442. The Morgan fingerprint density at radius 1 is 1.39 bits per heavy atom. The van der Waals surface area contributed by atoms with Gasteiger partial charge in [-0.3, -0.25) is 0 Å². The third-order valence-electron chi connectivity index (χ3n) is 2.73. The van der Waals surface area contributed by atoms with Gasteiger partial charge in [0.2, 0.25) is 0 Å². The molecule has 0 unspecified atom stereocenters. The lowest BCUT2D eigenvalue weighted by Gasteiger charge is -1.99.